The molecule has 0 amide bonds. The van der Waals surface area contributed by atoms with Gasteiger partial charge >= 0.3 is 0 Å². The second kappa shape index (κ2) is 5.41. The number of hydrogen-bond donors (Lipinski definition) is 2. The van der Waals surface area contributed by atoms with Crippen molar-refractivity contribution in [2.24, 2.45) is 5.41 Å². The van der Waals surface area contributed by atoms with Gasteiger partial charge in [0, 0.05) is 12.2 Å². The molecular formula is C16H17N3O2. The van der Waals surface area contributed by atoms with Crippen molar-refractivity contribution in [2.45, 2.75) is 20.8 Å². The summed E-state index contributed by atoms with van der Waals surface area (Å²) in [5, 5.41) is 14.7. The molecule has 0 unspecified atom stereocenters. The van der Waals surface area contributed by atoms with Crippen molar-refractivity contribution in [3.63, 3.8) is 0 Å². The Morgan fingerprint density at radius 1 is 1.05 bits per heavy atom. The molecular weight excluding hydrogens is 266 g/mol. The molecule has 2 aromatic carbocycles. The lowest BCUT2D eigenvalue weighted by Gasteiger charge is -2.22. The molecule has 5 nitrogen and oxygen atoms in total. The highest BCUT2D eigenvalue weighted by atomic mass is 16.2. The SMILES string of the molecule is CC(C)(C)CNc1c(Nc2ccc(C#N)cc2)c(=O)c1=O. The molecule has 0 spiro atoms. The van der Waals surface area contributed by atoms with E-state index < -0.39 is 10.9 Å². The van der Waals surface area contributed by atoms with Crippen molar-refractivity contribution in [3.8, 4) is 6.07 Å². The predicted molar refractivity (Wildman–Crippen MR) is 83.7 cm³/mol. The van der Waals surface area contributed by atoms with Crippen LogP contribution in [0.25, 0.3) is 0 Å². The van der Waals surface area contributed by atoms with Gasteiger partial charge in [-0.25, -0.2) is 0 Å². The molecule has 2 N–H and O–H groups in total. The second-order valence-corrected chi connectivity index (χ2v) is 6.14. The topological polar surface area (TPSA) is 82.0 Å². The van der Waals surface area contributed by atoms with Crippen LogP contribution in [-0.4, -0.2) is 6.54 Å². The number of anilines is 3. The minimum atomic E-state index is -0.518. The zero-order chi connectivity index (χ0) is 15.6. The largest absolute Gasteiger partial charge is 0.379 e. The van der Waals surface area contributed by atoms with Crippen LogP contribution in [0.4, 0.5) is 17.1 Å². The summed E-state index contributed by atoms with van der Waals surface area (Å²) in [6, 6.07) is 8.72. The van der Waals surface area contributed by atoms with E-state index in [0.29, 0.717) is 23.5 Å². The molecule has 2 aromatic rings. The highest BCUT2D eigenvalue weighted by Gasteiger charge is 2.22. The molecule has 0 radical (unpaired) electrons. The number of nitrogens with zero attached hydrogens (tertiary/aromatic N) is 1. The van der Waals surface area contributed by atoms with Crippen LogP contribution < -0.4 is 21.5 Å². The average molecular weight is 283 g/mol. The quantitative estimate of drug-likeness (QED) is 0.842. The van der Waals surface area contributed by atoms with Crippen molar-refractivity contribution in [2.75, 3.05) is 17.2 Å². The maximum absolute atomic E-state index is 11.7. The molecule has 0 aliphatic heterocycles. The van der Waals surface area contributed by atoms with Gasteiger partial charge in [0.05, 0.1) is 11.6 Å². The number of rotatable bonds is 4. The van der Waals surface area contributed by atoms with Crippen molar-refractivity contribution in [1.82, 2.24) is 0 Å². The van der Waals surface area contributed by atoms with E-state index in [2.05, 4.69) is 10.6 Å². The fourth-order valence-corrected chi connectivity index (χ4v) is 1.81. The fraction of sp³-hybridized carbons (Fsp3) is 0.312. The maximum atomic E-state index is 11.7. The van der Waals surface area contributed by atoms with Crippen LogP contribution in [0.2, 0.25) is 0 Å². The zero-order valence-electron chi connectivity index (χ0n) is 12.3. The van der Waals surface area contributed by atoms with Gasteiger partial charge in [0.1, 0.15) is 11.4 Å². The van der Waals surface area contributed by atoms with Gasteiger partial charge in [0.2, 0.25) is 0 Å². The third-order valence-electron chi connectivity index (χ3n) is 2.99. The molecule has 5 heteroatoms. The Bertz CT molecular complexity index is 755. The van der Waals surface area contributed by atoms with Gasteiger partial charge in [-0.2, -0.15) is 5.26 Å². The summed E-state index contributed by atoms with van der Waals surface area (Å²) in [6.45, 7) is 6.72. The Balaban J connectivity index is 2.17. The van der Waals surface area contributed by atoms with E-state index in [1.54, 1.807) is 24.3 Å². The van der Waals surface area contributed by atoms with Crippen molar-refractivity contribution >= 4 is 17.1 Å². The van der Waals surface area contributed by atoms with E-state index in [0.717, 1.165) is 0 Å². The summed E-state index contributed by atoms with van der Waals surface area (Å²) in [4.78, 5) is 23.3. The molecule has 0 fully saturated rings. The zero-order valence-corrected chi connectivity index (χ0v) is 12.3. The monoisotopic (exact) mass is 283 g/mol. The smallest absolute Gasteiger partial charge is 0.253 e. The van der Waals surface area contributed by atoms with Gasteiger partial charge in [0.15, 0.2) is 0 Å². The molecule has 21 heavy (non-hydrogen) atoms. The fourth-order valence-electron chi connectivity index (χ4n) is 1.81. The second-order valence-electron chi connectivity index (χ2n) is 6.14. The standard InChI is InChI=1S/C16H17N3O2/c1-16(2,3)9-18-12-13(15(21)14(12)20)19-11-6-4-10(8-17)5-7-11/h4-7,18-19H,9H2,1-3H3. The van der Waals surface area contributed by atoms with Gasteiger partial charge in [-0.05, 0) is 29.7 Å². The third kappa shape index (κ3) is 3.29. The van der Waals surface area contributed by atoms with Crippen LogP contribution in [-0.2, 0) is 0 Å². The van der Waals surface area contributed by atoms with E-state index in [4.69, 9.17) is 5.26 Å². The Morgan fingerprint density at radius 2 is 1.62 bits per heavy atom. The molecule has 0 saturated heterocycles. The van der Waals surface area contributed by atoms with Crippen LogP contribution >= 0.6 is 0 Å². The van der Waals surface area contributed by atoms with Crippen molar-refractivity contribution < 1.29 is 0 Å². The van der Waals surface area contributed by atoms with Gasteiger partial charge in [-0.3, -0.25) is 9.59 Å². The molecule has 2 rings (SSSR count). The molecule has 0 aromatic heterocycles. The summed E-state index contributed by atoms with van der Waals surface area (Å²) >= 11 is 0. The van der Waals surface area contributed by atoms with Gasteiger partial charge < -0.3 is 10.6 Å². The van der Waals surface area contributed by atoms with Gasteiger partial charge in [-0.1, -0.05) is 20.8 Å². The first-order chi connectivity index (χ1) is 9.81. The number of hydrogen-bond acceptors (Lipinski definition) is 5. The highest BCUT2D eigenvalue weighted by molar-refractivity contribution is 5.78. The molecule has 0 atom stereocenters. The van der Waals surface area contributed by atoms with Crippen LogP contribution in [0.3, 0.4) is 0 Å². The number of benzene rings is 1. The maximum Gasteiger partial charge on any atom is 0.253 e. The first-order valence-electron chi connectivity index (χ1n) is 6.66. The Hall–Kier alpha value is -2.61. The summed E-state index contributed by atoms with van der Waals surface area (Å²) in [6.07, 6.45) is 0. The predicted octanol–water partition coefficient (Wildman–Crippen LogP) is 2.36. The van der Waals surface area contributed by atoms with Crippen LogP contribution in [0.15, 0.2) is 33.9 Å². The van der Waals surface area contributed by atoms with Gasteiger partial charge in [0.25, 0.3) is 10.9 Å². The number of nitrogens with one attached hydrogen (secondary N) is 2. The summed E-state index contributed by atoms with van der Waals surface area (Å²) in [7, 11) is 0. The third-order valence-corrected chi connectivity index (χ3v) is 2.99. The first kappa shape index (κ1) is 14.8. The summed E-state index contributed by atoms with van der Waals surface area (Å²) in [5.74, 6) is 0. The van der Waals surface area contributed by atoms with E-state index in [9.17, 15) is 9.59 Å². The molecule has 0 saturated carbocycles. The van der Waals surface area contributed by atoms with Crippen LogP contribution in [0.1, 0.15) is 26.3 Å². The van der Waals surface area contributed by atoms with Crippen LogP contribution in [0, 0.1) is 16.7 Å². The Morgan fingerprint density at radius 3 is 2.14 bits per heavy atom. The van der Waals surface area contributed by atoms with Crippen LogP contribution in [0.5, 0.6) is 0 Å². The van der Waals surface area contributed by atoms with Crippen molar-refractivity contribution in [1.29, 1.82) is 5.26 Å². The van der Waals surface area contributed by atoms with Crippen molar-refractivity contribution in [3.05, 3.63) is 50.3 Å². The van der Waals surface area contributed by atoms with E-state index >= 15 is 0 Å². The summed E-state index contributed by atoms with van der Waals surface area (Å²) in [5.41, 5.74) is 0.821. The minimum absolute atomic E-state index is 0.00543. The van der Waals surface area contributed by atoms with E-state index in [1.165, 1.54) is 0 Å². The normalized spacial score (nSPS) is 11.1. The molecule has 0 bridgehead atoms. The lowest BCUT2D eigenvalue weighted by Crippen LogP contribution is -2.38. The van der Waals surface area contributed by atoms with E-state index in [1.807, 2.05) is 26.8 Å². The number of nitriles is 1. The molecule has 0 aliphatic carbocycles. The minimum Gasteiger partial charge on any atom is -0.379 e. The Labute approximate surface area is 122 Å². The summed E-state index contributed by atoms with van der Waals surface area (Å²) < 4.78 is 0. The first-order valence-corrected chi connectivity index (χ1v) is 6.66. The molecule has 0 aliphatic rings. The van der Waals surface area contributed by atoms with Gasteiger partial charge in [-0.15, -0.1) is 0 Å². The van der Waals surface area contributed by atoms with E-state index in [-0.39, 0.29) is 11.1 Å². The lowest BCUT2D eigenvalue weighted by atomic mass is 9.96. The average Bonchev–Trinajstić information content (AvgIpc) is 2.45. The Kier molecular flexibility index (Phi) is 3.81. The molecule has 0 heterocycles. The molecule has 108 valence electrons. The lowest BCUT2D eigenvalue weighted by molar-refractivity contribution is 0.443. The highest BCUT2D eigenvalue weighted by Crippen LogP contribution is 2.22.